The first-order chi connectivity index (χ1) is 10.6. The first kappa shape index (κ1) is 29.8. The van der Waals surface area contributed by atoms with Gasteiger partial charge in [-0.25, -0.2) is 4.98 Å². The van der Waals surface area contributed by atoms with E-state index in [0.29, 0.717) is 12.8 Å². The number of aromatic amines is 1. The molecule has 139 valence electrons. The molecule has 1 heterocycles. The summed E-state index contributed by atoms with van der Waals surface area (Å²) >= 11 is 0. The number of nitrogens with one attached hydrogen (secondary N) is 1. The Kier molecular flexibility index (Phi) is 25.8. The second-order valence-corrected chi connectivity index (χ2v) is 4.60. The van der Waals surface area contributed by atoms with Crippen molar-refractivity contribution in [3.63, 3.8) is 0 Å². The van der Waals surface area contributed by atoms with E-state index in [1.54, 1.807) is 40.2 Å². The van der Waals surface area contributed by atoms with Crippen LogP contribution >= 0.6 is 0 Å². The molecule has 0 aromatic carbocycles. The molecule has 9 nitrogen and oxygen atoms in total. The van der Waals surface area contributed by atoms with Gasteiger partial charge in [0, 0.05) is 56.4 Å². The summed E-state index contributed by atoms with van der Waals surface area (Å²) in [4.78, 5) is 48.5. The Morgan fingerprint density at radius 1 is 1.04 bits per heavy atom. The summed E-state index contributed by atoms with van der Waals surface area (Å²) in [5.41, 5.74) is 1.11. The van der Waals surface area contributed by atoms with Crippen LogP contribution in [-0.4, -0.2) is 52.3 Å². The molecule has 24 heavy (non-hydrogen) atoms. The molecule has 0 aliphatic heterocycles. The number of hydrogen-bond donors (Lipinski definition) is 1. The fourth-order valence-electron chi connectivity index (χ4n) is 1.07. The van der Waals surface area contributed by atoms with E-state index in [2.05, 4.69) is 9.97 Å². The van der Waals surface area contributed by atoms with Gasteiger partial charge in [-0.2, -0.15) is 0 Å². The van der Waals surface area contributed by atoms with E-state index in [9.17, 15) is 0 Å². The second kappa shape index (κ2) is 20.8. The van der Waals surface area contributed by atoms with Gasteiger partial charge in [-0.1, -0.05) is 0 Å². The smallest absolute Gasteiger partial charge is 0.302 e. The molecule has 0 bridgehead atoms. The van der Waals surface area contributed by atoms with Gasteiger partial charge >= 0.3 is 23.1 Å². The Hall–Kier alpha value is -2.20. The van der Waals surface area contributed by atoms with E-state index in [4.69, 9.17) is 29.3 Å². The number of aromatic nitrogens is 2. The zero-order chi connectivity index (χ0) is 18.8. The second-order valence-electron chi connectivity index (χ2n) is 4.60. The fourth-order valence-corrected chi connectivity index (χ4v) is 1.07. The van der Waals surface area contributed by atoms with E-state index >= 15 is 0 Å². The Balaban J connectivity index is -0.000000113. The maximum atomic E-state index is 8.46. The first-order valence-corrected chi connectivity index (χ1v) is 6.52. The summed E-state index contributed by atoms with van der Waals surface area (Å²) in [5.74, 6) is 1.00. The minimum atomic E-state index is 0. The van der Waals surface area contributed by atoms with Crippen LogP contribution in [0, 0.1) is 17.0 Å². The summed E-state index contributed by atoms with van der Waals surface area (Å²) in [6, 6.07) is 0. The molecule has 0 unspecified atom stereocenters. The Bertz CT molecular complexity index is 439. The molecule has 0 aliphatic rings. The van der Waals surface area contributed by atoms with Gasteiger partial charge in [0.2, 0.25) is 0 Å². The van der Waals surface area contributed by atoms with Gasteiger partial charge in [0.15, 0.2) is 12.8 Å². The molecule has 10 heteroatoms. The summed E-state index contributed by atoms with van der Waals surface area (Å²) in [7, 11) is 0. The molecule has 0 saturated carbocycles. The predicted molar refractivity (Wildman–Crippen MR) is 92.2 cm³/mol. The van der Waals surface area contributed by atoms with Crippen LogP contribution in [-0.2, 0) is 16.8 Å². The quantitative estimate of drug-likeness (QED) is 0.359. The van der Waals surface area contributed by atoms with Crippen molar-refractivity contribution in [3.8, 4) is 0 Å². The van der Waals surface area contributed by atoms with Crippen LogP contribution in [0.25, 0.3) is 0 Å². The molecule has 1 aromatic rings. The number of carbonyl (C=O) groups excluding carboxylic acids is 4. The Morgan fingerprint density at radius 3 is 1.38 bits per heavy atom. The monoisotopic (exact) mass is 391 g/mol. The van der Waals surface area contributed by atoms with Gasteiger partial charge in [-0.3, -0.25) is 19.2 Å². The molecule has 0 aliphatic carbocycles. The van der Waals surface area contributed by atoms with E-state index in [1.807, 2.05) is 6.92 Å². The van der Waals surface area contributed by atoms with Crippen molar-refractivity contribution in [2.24, 2.45) is 5.34 Å². The van der Waals surface area contributed by atoms with Gasteiger partial charge in [0.1, 0.15) is 0 Å². The van der Waals surface area contributed by atoms with Crippen molar-refractivity contribution in [2.45, 2.75) is 47.5 Å². The average Bonchev–Trinajstić information content (AvgIpc) is 2.79. The molecule has 1 radical (unpaired) electrons. The number of aryl methyl sites for hydroxylation is 1. The standard InChI is InChI=1S/2C5H8O2.C4H6N2.Co.HNO2/c2*1-4(6)3-5(2)7;1-4-2-5-3-6-4;;2-1-3/h2*3H2,1-2H3;2-3H,1H3,(H,5,6);;(H,2,3)/p+3. The molecule has 0 spiro atoms. The van der Waals surface area contributed by atoms with Crippen LogP contribution in [0.4, 0.5) is 0 Å². The van der Waals surface area contributed by atoms with Crippen LogP contribution < -0.4 is 0 Å². The Morgan fingerprint density at radius 2 is 1.33 bits per heavy atom. The van der Waals surface area contributed by atoms with Gasteiger partial charge in [-0.05, 0) is 6.92 Å². The van der Waals surface area contributed by atoms with E-state index in [1.165, 1.54) is 0 Å². The minimum absolute atomic E-state index is 0. The molecule has 1 aromatic heterocycles. The van der Waals surface area contributed by atoms with Crippen molar-refractivity contribution in [1.29, 1.82) is 0 Å². The van der Waals surface area contributed by atoms with E-state index in [0.717, 1.165) is 11.0 Å². The van der Waals surface area contributed by atoms with Crippen LogP contribution in [0.5, 0.6) is 0 Å². The number of hydrogen-bond acceptors (Lipinski definition) is 4. The van der Waals surface area contributed by atoms with Crippen LogP contribution in [0.3, 0.4) is 0 Å². The normalized spacial score (nSPS) is 7.54. The fraction of sp³-hybridized carbons (Fsp3) is 0.500. The van der Waals surface area contributed by atoms with E-state index in [-0.39, 0.29) is 39.9 Å². The maximum absolute atomic E-state index is 8.46. The zero-order valence-electron chi connectivity index (χ0n) is 14.4. The largest absolute Gasteiger partial charge is 0.444 e. The SMILES string of the molecule is CC(=[OH+])CC(C)=[OH+].CC(=[OH+])CC(C)=[OH+].Cc1cnc[nH]1.O=N[O-].[Co]. The maximum Gasteiger partial charge on any atom is 0.302 e. The number of ketones is 4. The topological polar surface area (TPSA) is 167 Å². The van der Waals surface area contributed by atoms with Gasteiger partial charge < -0.3 is 15.1 Å². The summed E-state index contributed by atoms with van der Waals surface area (Å²) in [6.07, 6.45) is 4.05. The number of nitrogens with zero attached hydrogens (tertiary/aromatic N) is 2. The van der Waals surface area contributed by atoms with E-state index < -0.39 is 0 Å². The summed E-state index contributed by atoms with van der Waals surface area (Å²) in [6.45, 7) is 8.19. The molecule has 5 N–H and O–H groups in total. The molecule has 1 rings (SSSR count). The first-order valence-electron chi connectivity index (χ1n) is 6.52. The van der Waals surface area contributed by atoms with Crippen LogP contribution in [0.15, 0.2) is 17.9 Å². The third-order valence-corrected chi connectivity index (χ3v) is 1.66. The van der Waals surface area contributed by atoms with Gasteiger partial charge in [0.25, 0.3) is 0 Å². The molecule has 0 fully saturated rings. The summed E-state index contributed by atoms with van der Waals surface area (Å²) < 4.78 is 0. The molecule has 0 amide bonds. The summed E-state index contributed by atoms with van der Waals surface area (Å²) in [5, 5.41) is 9.00. The number of H-pyrrole nitrogens is 1. The average molecular weight is 391 g/mol. The third-order valence-electron chi connectivity index (χ3n) is 1.66. The van der Waals surface area contributed by atoms with Crippen LogP contribution in [0.2, 0.25) is 0 Å². The molecular formula is C14H26CoN3O6+3. The van der Waals surface area contributed by atoms with Gasteiger partial charge in [-0.15, -0.1) is 5.34 Å². The number of rotatable bonds is 4. The van der Waals surface area contributed by atoms with Crippen LogP contribution in [0.1, 0.15) is 46.2 Å². The van der Waals surface area contributed by atoms with Crippen molar-refractivity contribution in [3.05, 3.63) is 28.3 Å². The number of imidazole rings is 1. The van der Waals surface area contributed by atoms with Crippen molar-refractivity contribution in [2.75, 3.05) is 0 Å². The minimum Gasteiger partial charge on any atom is -0.444 e. The zero-order valence-corrected chi connectivity index (χ0v) is 15.4. The Labute approximate surface area is 150 Å². The molecular weight excluding hydrogens is 365 g/mol. The van der Waals surface area contributed by atoms with Crippen molar-refractivity contribution in [1.82, 2.24) is 9.97 Å². The third kappa shape index (κ3) is 42.7. The molecule has 0 saturated heterocycles. The predicted octanol–water partition coefficient (Wildman–Crippen LogP) is 1.98. The van der Waals surface area contributed by atoms with Crippen molar-refractivity contribution < 1.29 is 36.0 Å². The van der Waals surface area contributed by atoms with Crippen molar-refractivity contribution >= 4 is 23.1 Å². The molecule has 0 atom stereocenters. The van der Waals surface area contributed by atoms with Gasteiger partial charge in [0.05, 0.1) is 6.33 Å².